The summed E-state index contributed by atoms with van der Waals surface area (Å²) in [4.78, 5) is 0. The number of nitrogen functional groups attached to an aromatic ring is 1. The maximum Gasteiger partial charge on any atom is 0.151 e. The zero-order valence-corrected chi connectivity index (χ0v) is 9.47. The van der Waals surface area contributed by atoms with Gasteiger partial charge in [0, 0.05) is 26.1 Å². The summed E-state index contributed by atoms with van der Waals surface area (Å²) in [5, 5.41) is 25.3. The normalized spacial score (nSPS) is 10.9. The minimum atomic E-state index is 0.196. The molecule has 4 N–H and O–H groups in total. The smallest absolute Gasteiger partial charge is 0.151 e. The maximum absolute atomic E-state index is 8.66. The Morgan fingerprint density at radius 3 is 1.69 bits per heavy atom. The zero-order chi connectivity index (χ0) is 11.8. The molecule has 0 aliphatic heterocycles. The Balaban J connectivity index is 2.41. The number of hydrogen-bond donors (Lipinski definition) is 3. The van der Waals surface area contributed by atoms with Gasteiger partial charge in [0.2, 0.25) is 0 Å². The molecule has 1 heterocycles. The third kappa shape index (κ3) is 3.79. The number of hydrogen-bond acceptors (Lipinski definition) is 5. The van der Waals surface area contributed by atoms with Crippen molar-refractivity contribution in [3.63, 3.8) is 0 Å². The van der Waals surface area contributed by atoms with Crippen LogP contribution >= 0.6 is 0 Å². The van der Waals surface area contributed by atoms with Crippen LogP contribution in [-0.4, -0.2) is 38.3 Å². The maximum atomic E-state index is 8.66. The summed E-state index contributed by atoms with van der Waals surface area (Å²) in [5.74, 6) is 7.35. The number of nitrogens with two attached hydrogens (primary N) is 1. The predicted octanol–water partition coefficient (Wildman–Crippen LogP) is -0.378. The van der Waals surface area contributed by atoms with E-state index in [4.69, 9.17) is 16.1 Å². The highest BCUT2D eigenvalue weighted by Gasteiger charge is 2.08. The van der Waals surface area contributed by atoms with E-state index < -0.39 is 0 Å². The third-order valence-electron chi connectivity index (χ3n) is 2.45. The number of nitrogens with zero attached hydrogens (tertiary/aromatic N) is 3. The molecule has 0 radical (unpaired) electrons. The van der Waals surface area contributed by atoms with Crippen molar-refractivity contribution in [2.24, 2.45) is 0 Å². The minimum Gasteiger partial charge on any atom is -0.396 e. The number of aliphatic hydroxyl groups excluding tert-OH is 2. The largest absolute Gasteiger partial charge is 0.396 e. The highest BCUT2D eigenvalue weighted by Crippen LogP contribution is 2.05. The molecule has 0 saturated heterocycles. The van der Waals surface area contributed by atoms with Gasteiger partial charge in [0.05, 0.1) is 0 Å². The van der Waals surface area contributed by atoms with Crippen LogP contribution in [0.15, 0.2) is 0 Å². The van der Waals surface area contributed by atoms with E-state index in [1.807, 2.05) is 0 Å². The second-order valence-electron chi connectivity index (χ2n) is 3.76. The van der Waals surface area contributed by atoms with E-state index in [9.17, 15) is 0 Å². The molecule has 6 heteroatoms. The summed E-state index contributed by atoms with van der Waals surface area (Å²) in [5.41, 5.74) is 0. The first-order chi connectivity index (χ1) is 7.79. The Hall–Kier alpha value is -1.14. The van der Waals surface area contributed by atoms with Crippen LogP contribution in [0.4, 0.5) is 0 Å². The molecule has 0 bridgehead atoms. The van der Waals surface area contributed by atoms with Gasteiger partial charge in [-0.3, -0.25) is 0 Å². The molecule has 0 unspecified atom stereocenters. The van der Waals surface area contributed by atoms with E-state index in [-0.39, 0.29) is 13.2 Å². The number of rotatable bonds is 8. The summed E-state index contributed by atoms with van der Waals surface area (Å²) in [6.07, 6.45) is 4.72. The number of aromatic nitrogens is 3. The van der Waals surface area contributed by atoms with E-state index in [0.717, 1.165) is 50.2 Å². The second-order valence-corrected chi connectivity index (χ2v) is 3.76. The Morgan fingerprint density at radius 2 is 1.31 bits per heavy atom. The van der Waals surface area contributed by atoms with Gasteiger partial charge in [-0.05, 0) is 25.7 Å². The van der Waals surface area contributed by atoms with E-state index in [1.165, 1.54) is 4.68 Å². The second kappa shape index (κ2) is 7.19. The predicted molar refractivity (Wildman–Crippen MR) is 60.2 cm³/mol. The molecule has 0 atom stereocenters. The third-order valence-corrected chi connectivity index (χ3v) is 2.45. The van der Waals surface area contributed by atoms with Crippen LogP contribution in [0, 0.1) is 0 Å². The van der Waals surface area contributed by atoms with Gasteiger partial charge in [-0.1, -0.05) is 0 Å². The molecule has 0 saturated carbocycles. The van der Waals surface area contributed by atoms with E-state index in [0.29, 0.717) is 0 Å². The van der Waals surface area contributed by atoms with Gasteiger partial charge >= 0.3 is 0 Å². The van der Waals surface area contributed by atoms with Crippen molar-refractivity contribution < 1.29 is 10.2 Å². The molecule has 0 spiro atoms. The first-order valence-electron chi connectivity index (χ1n) is 5.69. The van der Waals surface area contributed by atoms with Crippen molar-refractivity contribution >= 4 is 0 Å². The summed E-state index contributed by atoms with van der Waals surface area (Å²) in [6.45, 7) is 0.393. The molecule has 0 amide bonds. The Kier molecular flexibility index (Phi) is 5.81. The molecule has 0 aliphatic rings. The van der Waals surface area contributed by atoms with Gasteiger partial charge in [-0.15, -0.1) is 10.2 Å². The molecule has 1 aromatic heterocycles. The van der Waals surface area contributed by atoms with Crippen molar-refractivity contribution in [2.45, 2.75) is 38.5 Å². The molecule has 6 nitrogen and oxygen atoms in total. The monoisotopic (exact) mass is 228 g/mol. The van der Waals surface area contributed by atoms with Crippen LogP contribution in [-0.2, 0) is 12.8 Å². The standard InChI is InChI=1S/C10H20N4O2/c11-14-9(5-1-3-7-15)12-13-10(14)6-2-4-8-16/h15-16H,1-8,11H2. The molecular formula is C10H20N4O2. The Morgan fingerprint density at radius 1 is 0.875 bits per heavy atom. The van der Waals surface area contributed by atoms with Gasteiger partial charge in [0.1, 0.15) is 0 Å². The van der Waals surface area contributed by atoms with Crippen molar-refractivity contribution in [2.75, 3.05) is 19.1 Å². The van der Waals surface area contributed by atoms with Crippen molar-refractivity contribution in [1.82, 2.24) is 14.9 Å². The summed E-state index contributed by atoms with van der Waals surface area (Å²) < 4.78 is 1.52. The fourth-order valence-electron chi connectivity index (χ4n) is 1.49. The molecule has 0 fully saturated rings. The van der Waals surface area contributed by atoms with Crippen LogP contribution < -0.4 is 5.84 Å². The molecule has 92 valence electrons. The first kappa shape index (κ1) is 12.9. The molecule has 0 aromatic carbocycles. The van der Waals surface area contributed by atoms with Crippen LogP contribution in [0.1, 0.15) is 37.3 Å². The zero-order valence-electron chi connectivity index (χ0n) is 9.47. The van der Waals surface area contributed by atoms with Crippen molar-refractivity contribution in [1.29, 1.82) is 0 Å². The van der Waals surface area contributed by atoms with E-state index in [2.05, 4.69) is 10.2 Å². The number of unbranched alkanes of at least 4 members (excludes halogenated alkanes) is 2. The number of aliphatic hydroxyl groups is 2. The van der Waals surface area contributed by atoms with Crippen LogP contribution in [0.3, 0.4) is 0 Å². The Bertz CT molecular complexity index is 274. The lowest BCUT2D eigenvalue weighted by Crippen LogP contribution is -2.16. The fourth-order valence-corrected chi connectivity index (χ4v) is 1.49. The van der Waals surface area contributed by atoms with Gasteiger partial charge in [0.25, 0.3) is 0 Å². The molecule has 1 rings (SSSR count). The first-order valence-corrected chi connectivity index (χ1v) is 5.69. The lowest BCUT2D eigenvalue weighted by atomic mass is 10.2. The van der Waals surface area contributed by atoms with Crippen molar-refractivity contribution in [3.05, 3.63) is 11.6 Å². The highest BCUT2D eigenvalue weighted by molar-refractivity contribution is 4.96. The SMILES string of the molecule is Nn1c(CCCCO)nnc1CCCCO. The highest BCUT2D eigenvalue weighted by atomic mass is 16.3. The molecule has 1 aromatic rings. The lowest BCUT2D eigenvalue weighted by Gasteiger charge is -2.02. The number of aryl methyl sites for hydroxylation is 2. The molecule has 16 heavy (non-hydrogen) atoms. The molecular weight excluding hydrogens is 208 g/mol. The van der Waals surface area contributed by atoms with Crippen LogP contribution in [0.5, 0.6) is 0 Å². The van der Waals surface area contributed by atoms with Gasteiger partial charge in [-0.2, -0.15) is 0 Å². The Labute approximate surface area is 95.1 Å². The van der Waals surface area contributed by atoms with Crippen LogP contribution in [0.25, 0.3) is 0 Å². The van der Waals surface area contributed by atoms with Crippen molar-refractivity contribution in [3.8, 4) is 0 Å². The summed E-state index contributed by atoms with van der Waals surface area (Å²) in [7, 11) is 0. The topological polar surface area (TPSA) is 97.2 Å². The lowest BCUT2D eigenvalue weighted by molar-refractivity contribution is 0.284. The fraction of sp³-hybridized carbons (Fsp3) is 0.800. The summed E-state index contributed by atoms with van der Waals surface area (Å²) >= 11 is 0. The average molecular weight is 228 g/mol. The van der Waals surface area contributed by atoms with Gasteiger partial charge in [-0.25, -0.2) is 4.68 Å². The van der Waals surface area contributed by atoms with Crippen LogP contribution in [0.2, 0.25) is 0 Å². The summed E-state index contributed by atoms with van der Waals surface area (Å²) in [6, 6.07) is 0. The van der Waals surface area contributed by atoms with E-state index in [1.54, 1.807) is 0 Å². The average Bonchev–Trinajstić information content (AvgIpc) is 2.62. The minimum absolute atomic E-state index is 0.196. The quantitative estimate of drug-likeness (QED) is 0.416. The van der Waals surface area contributed by atoms with Gasteiger partial charge in [0.15, 0.2) is 11.6 Å². The molecule has 0 aliphatic carbocycles. The van der Waals surface area contributed by atoms with E-state index >= 15 is 0 Å². The van der Waals surface area contributed by atoms with Gasteiger partial charge < -0.3 is 16.1 Å².